The van der Waals surface area contributed by atoms with E-state index < -0.39 is 5.41 Å². The molecule has 1 aliphatic carbocycles. The summed E-state index contributed by atoms with van der Waals surface area (Å²) < 4.78 is 0. The van der Waals surface area contributed by atoms with Gasteiger partial charge in [0.05, 0.1) is 0 Å². The molecule has 22 heavy (non-hydrogen) atoms. The largest absolute Gasteiger partial charge is 0.351 e. The number of nitrogens with one attached hydrogen (secondary N) is 2. The van der Waals surface area contributed by atoms with Gasteiger partial charge in [0.25, 0.3) is 0 Å². The van der Waals surface area contributed by atoms with E-state index in [-0.39, 0.29) is 11.8 Å². The Balaban J connectivity index is 1.60. The molecule has 1 aromatic carbocycles. The molecule has 5 nitrogen and oxygen atoms in total. The van der Waals surface area contributed by atoms with Crippen LogP contribution in [0.15, 0.2) is 54.9 Å². The van der Waals surface area contributed by atoms with Crippen LogP contribution in [0.2, 0.25) is 0 Å². The average Bonchev–Trinajstić information content (AvgIpc) is 3.36. The van der Waals surface area contributed by atoms with Gasteiger partial charge in [0, 0.05) is 24.6 Å². The molecule has 1 saturated carbocycles. The third-order valence-corrected chi connectivity index (χ3v) is 3.85. The number of rotatable bonds is 5. The summed E-state index contributed by atoms with van der Waals surface area (Å²) in [7, 11) is 0. The van der Waals surface area contributed by atoms with Crippen molar-refractivity contribution in [3.63, 3.8) is 0 Å². The maximum absolute atomic E-state index is 12.4. The summed E-state index contributed by atoms with van der Waals surface area (Å²) in [6.45, 7) is 0.404. The minimum absolute atomic E-state index is 0.210. The Bertz CT molecular complexity index is 667. The second-order valence-corrected chi connectivity index (χ2v) is 5.44. The lowest BCUT2D eigenvalue weighted by Crippen LogP contribution is -2.39. The zero-order valence-electron chi connectivity index (χ0n) is 12.1. The van der Waals surface area contributed by atoms with Crippen molar-refractivity contribution in [2.45, 2.75) is 19.4 Å². The molecule has 1 heterocycles. The van der Waals surface area contributed by atoms with E-state index in [0.717, 1.165) is 5.56 Å². The fraction of sp³-hybridized carbons (Fsp3) is 0.235. The van der Waals surface area contributed by atoms with Gasteiger partial charge in [-0.25, -0.2) is 0 Å². The Hall–Kier alpha value is -2.69. The van der Waals surface area contributed by atoms with Crippen LogP contribution in [-0.2, 0) is 16.1 Å². The van der Waals surface area contributed by atoms with Crippen LogP contribution in [0.5, 0.6) is 0 Å². The first-order valence-corrected chi connectivity index (χ1v) is 7.24. The molecule has 0 radical (unpaired) electrons. The predicted molar refractivity (Wildman–Crippen MR) is 82.8 cm³/mol. The molecule has 0 saturated heterocycles. The van der Waals surface area contributed by atoms with Gasteiger partial charge in [-0.2, -0.15) is 0 Å². The number of hydrogen-bond donors (Lipinski definition) is 2. The molecule has 1 aliphatic rings. The first kappa shape index (κ1) is 14.3. The Morgan fingerprint density at radius 1 is 1.00 bits per heavy atom. The molecule has 1 fully saturated rings. The molecule has 0 atom stereocenters. The summed E-state index contributed by atoms with van der Waals surface area (Å²) in [6.07, 6.45) is 4.54. The van der Waals surface area contributed by atoms with E-state index in [1.807, 2.05) is 42.5 Å². The fourth-order valence-corrected chi connectivity index (χ4v) is 2.31. The van der Waals surface area contributed by atoms with E-state index in [2.05, 4.69) is 15.6 Å². The minimum atomic E-state index is -0.914. The lowest BCUT2D eigenvalue weighted by molar-refractivity contribution is -0.134. The molecule has 0 aliphatic heterocycles. The van der Waals surface area contributed by atoms with E-state index in [1.165, 1.54) is 0 Å². The van der Waals surface area contributed by atoms with Crippen molar-refractivity contribution in [3.05, 3.63) is 60.4 Å². The van der Waals surface area contributed by atoms with Crippen molar-refractivity contribution in [2.75, 3.05) is 5.32 Å². The Morgan fingerprint density at radius 3 is 2.32 bits per heavy atom. The normalized spacial score (nSPS) is 14.9. The summed E-state index contributed by atoms with van der Waals surface area (Å²) in [6, 6.07) is 12.9. The van der Waals surface area contributed by atoms with Crippen LogP contribution in [0.4, 0.5) is 5.69 Å². The van der Waals surface area contributed by atoms with E-state index in [1.54, 1.807) is 12.4 Å². The SMILES string of the molecule is O=C(NCc1ccncc1)C1(C(=O)Nc2ccccc2)CC1. The minimum Gasteiger partial charge on any atom is -0.351 e. The van der Waals surface area contributed by atoms with Gasteiger partial charge in [-0.3, -0.25) is 14.6 Å². The lowest BCUT2D eigenvalue weighted by atomic mass is 10.0. The third kappa shape index (κ3) is 2.98. The van der Waals surface area contributed by atoms with Crippen molar-refractivity contribution < 1.29 is 9.59 Å². The first-order valence-electron chi connectivity index (χ1n) is 7.24. The smallest absolute Gasteiger partial charge is 0.240 e. The van der Waals surface area contributed by atoms with Crippen molar-refractivity contribution >= 4 is 17.5 Å². The quantitative estimate of drug-likeness (QED) is 0.830. The number of amides is 2. The number of pyridine rings is 1. The second kappa shape index (κ2) is 5.97. The molecule has 1 aromatic heterocycles. The molecule has 2 aromatic rings. The Labute approximate surface area is 128 Å². The summed E-state index contributed by atoms with van der Waals surface area (Å²) >= 11 is 0. The zero-order valence-corrected chi connectivity index (χ0v) is 12.1. The second-order valence-electron chi connectivity index (χ2n) is 5.44. The van der Waals surface area contributed by atoms with Gasteiger partial charge in [0.2, 0.25) is 11.8 Å². The van der Waals surface area contributed by atoms with Crippen LogP contribution in [0.1, 0.15) is 18.4 Å². The number of benzene rings is 1. The standard InChI is InChI=1S/C17H17N3O2/c21-15(19-12-13-6-10-18-11-7-13)17(8-9-17)16(22)20-14-4-2-1-3-5-14/h1-7,10-11H,8-9,12H2,(H,19,21)(H,20,22). The van der Waals surface area contributed by atoms with Gasteiger partial charge in [-0.05, 0) is 42.7 Å². The van der Waals surface area contributed by atoms with Crippen LogP contribution in [0.25, 0.3) is 0 Å². The predicted octanol–water partition coefficient (Wildman–Crippen LogP) is 2.12. The molecule has 112 valence electrons. The van der Waals surface area contributed by atoms with E-state index in [0.29, 0.717) is 25.1 Å². The van der Waals surface area contributed by atoms with Gasteiger partial charge in [-0.1, -0.05) is 18.2 Å². The van der Waals surface area contributed by atoms with Crippen molar-refractivity contribution in [1.29, 1.82) is 0 Å². The van der Waals surface area contributed by atoms with Crippen LogP contribution in [0, 0.1) is 5.41 Å². The lowest BCUT2D eigenvalue weighted by Gasteiger charge is -2.15. The molecule has 0 spiro atoms. The summed E-state index contributed by atoms with van der Waals surface area (Å²) in [5.41, 5.74) is 0.756. The van der Waals surface area contributed by atoms with Crippen LogP contribution < -0.4 is 10.6 Å². The van der Waals surface area contributed by atoms with Crippen molar-refractivity contribution in [3.8, 4) is 0 Å². The summed E-state index contributed by atoms with van der Waals surface area (Å²) in [4.78, 5) is 28.6. The molecular formula is C17H17N3O2. The van der Waals surface area contributed by atoms with Gasteiger partial charge in [0.1, 0.15) is 5.41 Å². The number of nitrogens with zero attached hydrogens (tertiary/aromatic N) is 1. The third-order valence-electron chi connectivity index (χ3n) is 3.85. The topological polar surface area (TPSA) is 71.1 Å². The Morgan fingerprint density at radius 2 is 1.68 bits per heavy atom. The van der Waals surface area contributed by atoms with Crippen LogP contribution in [-0.4, -0.2) is 16.8 Å². The first-order chi connectivity index (χ1) is 10.7. The number of carbonyl (C=O) groups excluding carboxylic acids is 2. The maximum Gasteiger partial charge on any atom is 0.240 e. The number of para-hydroxylation sites is 1. The molecule has 0 unspecified atom stereocenters. The van der Waals surface area contributed by atoms with Gasteiger partial charge >= 0.3 is 0 Å². The molecule has 0 bridgehead atoms. The fourth-order valence-electron chi connectivity index (χ4n) is 2.31. The van der Waals surface area contributed by atoms with Gasteiger partial charge in [0.15, 0.2) is 0 Å². The highest BCUT2D eigenvalue weighted by Crippen LogP contribution is 2.46. The number of anilines is 1. The monoisotopic (exact) mass is 295 g/mol. The summed E-state index contributed by atoms with van der Waals surface area (Å²) in [5, 5.41) is 5.65. The number of carbonyl (C=O) groups is 2. The van der Waals surface area contributed by atoms with Gasteiger partial charge < -0.3 is 10.6 Å². The summed E-state index contributed by atoms with van der Waals surface area (Å²) in [5.74, 6) is -0.441. The highest BCUT2D eigenvalue weighted by molar-refractivity contribution is 6.13. The zero-order chi connectivity index (χ0) is 15.4. The molecular weight excluding hydrogens is 278 g/mol. The maximum atomic E-state index is 12.4. The highest BCUT2D eigenvalue weighted by Gasteiger charge is 2.56. The molecule has 3 rings (SSSR count). The molecule has 2 amide bonds. The average molecular weight is 295 g/mol. The Kier molecular flexibility index (Phi) is 3.87. The van der Waals surface area contributed by atoms with E-state index in [4.69, 9.17) is 0 Å². The van der Waals surface area contributed by atoms with E-state index >= 15 is 0 Å². The van der Waals surface area contributed by atoms with Gasteiger partial charge in [-0.15, -0.1) is 0 Å². The van der Waals surface area contributed by atoms with Crippen molar-refractivity contribution in [2.24, 2.45) is 5.41 Å². The highest BCUT2D eigenvalue weighted by atomic mass is 16.2. The number of hydrogen-bond acceptors (Lipinski definition) is 3. The van der Waals surface area contributed by atoms with Crippen LogP contribution in [0.3, 0.4) is 0 Å². The van der Waals surface area contributed by atoms with E-state index in [9.17, 15) is 9.59 Å². The molecule has 5 heteroatoms. The number of aromatic nitrogens is 1. The molecule has 2 N–H and O–H groups in total. The van der Waals surface area contributed by atoms with Crippen LogP contribution >= 0.6 is 0 Å². The van der Waals surface area contributed by atoms with Crippen molar-refractivity contribution in [1.82, 2.24) is 10.3 Å².